The van der Waals surface area contributed by atoms with Gasteiger partial charge in [-0.15, -0.1) is 11.3 Å². The highest BCUT2D eigenvalue weighted by molar-refractivity contribution is 7.14. The van der Waals surface area contributed by atoms with Gasteiger partial charge in [-0.1, -0.05) is 11.6 Å². The third-order valence-corrected chi connectivity index (χ3v) is 3.34. The molecule has 0 bridgehead atoms. The van der Waals surface area contributed by atoms with Crippen LogP contribution in [0.2, 0.25) is 5.15 Å². The van der Waals surface area contributed by atoms with E-state index in [9.17, 15) is 0 Å². The first-order valence-corrected chi connectivity index (χ1v) is 5.66. The Bertz CT molecular complexity index is 307. The Balaban J connectivity index is 1.96. The van der Waals surface area contributed by atoms with Crippen LogP contribution in [-0.2, 0) is 4.74 Å². The molecule has 0 aromatic carbocycles. The van der Waals surface area contributed by atoms with E-state index in [1.165, 1.54) is 11.3 Å². The zero-order chi connectivity index (χ0) is 9.97. The molecule has 0 aliphatic carbocycles. The number of nitrogens with zero attached hydrogens (tertiary/aromatic N) is 1. The van der Waals surface area contributed by atoms with Crippen LogP contribution >= 0.6 is 22.9 Å². The molecule has 0 saturated carbocycles. The van der Waals surface area contributed by atoms with Crippen molar-refractivity contribution < 1.29 is 4.74 Å². The number of thiazole rings is 1. The molecule has 2 heterocycles. The smallest absolute Gasteiger partial charge is 0.184 e. The number of ether oxygens (including phenoxy) is 1. The van der Waals surface area contributed by atoms with E-state index in [0.717, 1.165) is 18.2 Å². The third kappa shape index (κ3) is 2.17. The fourth-order valence-corrected chi connectivity index (χ4v) is 2.43. The lowest BCUT2D eigenvalue weighted by Gasteiger charge is -2.17. The Kier molecular flexibility index (Phi) is 3.22. The standard InChI is InChI=1S/C8H12ClN3OS/c1-13-6-3-10-2-5(6)11-8-12-7(9)4-14-8/h4-6,10H,2-3H2,1H3,(H,11,12)/t5?,6-/m0/s1. The van der Waals surface area contributed by atoms with Crippen molar-refractivity contribution in [3.63, 3.8) is 0 Å². The van der Waals surface area contributed by atoms with Gasteiger partial charge >= 0.3 is 0 Å². The van der Waals surface area contributed by atoms with Gasteiger partial charge in [-0.05, 0) is 0 Å². The summed E-state index contributed by atoms with van der Waals surface area (Å²) >= 11 is 7.24. The molecule has 4 nitrogen and oxygen atoms in total. The maximum absolute atomic E-state index is 5.73. The van der Waals surface area contributed by atoms with Crippen molar-refractivity contribution in [3.05, 3.63) is 10.5 Å². The Morgan fingerprint density at radius 2 is 2.57 bits per heavy atom. The van der Waals surface area contributed by atoms with E-state index in [0.29, 0.717) is 5.15 Å². The number of halogens is 1. The minimum atomic E-state index is 0.206. The van der Waals surface area contributed by atoms with Gasteiger partial charge in [0.25, 0.3) is 0 Å². The molecule has 0 radical (unpaired) electrons. The molecule has 0 amide bonds. The molecule has 1 fully saturated rings. The van der Waals surface area contributed by atoms with Crippen molar-refractivity contribution >= 4 is 28.1 Å². The second-order valence-corrected chi connectivity index (χ2v) is 4.40. The maximum atomic E-state index is 5.73. The summed E-state index contributed by atoms with van der Waals surface area (Å²) in [6.45, 7) is 1.78. The average molecular weight is 234 g/mol. The van der Waals surface area contributed by atoms with Gasteiger partial charge in [0.1, 0.15) is 5.15 Å². The van der Waals surface area contributed by atoms with Gasteiger partial charge in [0.15, 0.2) is 5.13 Å². The lowest BCUT2D eigenvalue weighted by molar-refractivity contribution is 0.111. The van der Waals surface area contributed by atoms with Crippen LogP contribution < -0.4 is 10.6 Å². The van der Waals surface area contributed by atoms with Gasteiger partial charge in [0, 0.05) is 25.6 Å². The minimum Gasteiger partial charge on any atom is -0.378 e. The summed E-state index contributed by atoms with van der Waals surface area (Å²) in [5.41, 5.74) is 0. The molecule has 14 heavy (non-hydrogen) atoms. The van der Waals surface area contributed by atoms with E-state index in [2.05, 4.69) is 15.6 Å². The van der Waals surface area contributed by atoms with E-state index >= 15 is 0 Å². The second kappa shape index (κ2) is 4.44. The summed E-state index contributed by atoms with van der Waals surface area (Å²) < 4.78 is 5.32. The van der Waals surface area contributed by atoms with Crippen molar-refractivity contribution in [3.8, 4) is 0 Å². The van der Waals surface area contributed by atoms with Crippen LogP contribution in [0.3, 0.4) is 0 Å². The first-order valence-electron chi connectivity index (χ1n) is 4.40. The summed E-state index contributed by atoms with van der Waals surface area (Å²) in [6.07, 6.45) is 0.206. The quantitative estimate of drug-likeness (QED) is 0.824. The predicted molar refractivity (Wildman–Crippen MR) is 58.2 cm³/mol. The number of anilines is 1. The molecule has 1 aromatic rings. The van der Waals surface area contributed by atoms with Crippen molar-refractivity contribution in [2.75, 3.05) is 25.5 Å². The molecule has 1 unspecified atom stereocenters. The summed E-state index contributed by atoms with van der Waals surface area (Å²) in [6, 6.07) is 0.280. The van der Waals surface area contributed by atoms with Crippen LogP contribution in [0.1, 0.15) is 0 Å². The number of hydrogen-bond donors (Lipinski definition) is 2. The van der Waals surface area contributed by atoms with Crippen molar-refractivity contribution in [2.24, 2.45) is 0 Å². The lowest BCUT2D eigenvalue weighted by Crippen LogP contribution is -2.33. The zero-order valence-electron chi connectivity index (χ0n) is 7.79. The van der Waals surface area contributed by atoms with Crippen LogP contribution in [0.25, 0.3) is 0 Å². The summed E-state index contributed by atoms with van der Waals surface area (Å²) in [7, 11) is 1.72. The largest absolute Gasteiger partial charge is 0.378 e. The Labute approximate surface area is 91.6 Å². The Morgan fingerprint density at radius 3 is 3.21 bits per heavy atom. The van der Waals surface area contributed by atoms with Crippen LogP contribution in [0.5, 0.6) is 0 Å². The van der Waals surface area contributed by atoms with Gasteiger partial charge in [-0.25, -0.2) is 4.98 Å². The molecule has 1 aromatic heterocycles. The summed E-state index contributed by atoms with van der Waals surface area (Å²) in [4.78, 5) is 4.13. The molecule has 1 aliphatic heterocycles. The van der Waals surface area contributed by atoms with E-state index in [1.807, 2.05) is 5.38 Å². The highest BCUT2D eigenvalue weighted by Crippen LogP contribution is 2.21. The zero-order valence-corrected chi connectivity index (χ0v) is 9.36. The fourth-order valence-electron chi connectivity index (χ4n) is 1.53. The van der Waals surface area contributed by atoms with Crippen LogP contribution in [0.4, 0.5) is 5.13 Å². The number of hydrogen-bond acceptors (Lipinski definition) is 5. The molecule has 6 heteroatoms. The van der Waals surface area contributed by atoms with Crippen LogP contribution in [0, 0.1) is 0 Å². The highest BCUT2D eigenvalue weighted by Gasteiger charge is 2.27. The molecule has 1 aliphatic rings. The van der Waals surface area contributed by atoms with Crippen molar-refractivity contribution in [2.45, 2.75) is 12.1 Å². The monoisotopic (exact) mass is 233 g/mol. The number of aromatic nitrogens is 1. The molecule has 2 atom stereocenters. The average Bonchev–Trinajstić information content (AvgIpc) is 2.76. The number of methoxy groups -OCH3 is 1. The fraction of sp³-hybridized carbons (Fsp3) is 0.625. The molecule has 1 saturated heterocycles. The highest BCUT2D eigenvalue weighted by atomic mass is 35.5. The summed E-state index contributed by atoms with van der Waals surface area (Å²) in [5, 5.41) is 9.76. The molecule has 2 rings (SSSR count). The van der Waals surface area contributed by atoms with Crippen LogP contribution in [0.15, 0.2) is 5.38 Å². The van der Waals surface area contributed by atoms with Crippen molar-refractivity contribution in [1.82, 2.24) is 10.3 Å². The first-order chi connectivity index (χ1) is 6.79. The van der Waals surface area contributed by atoms with Gasteiger partial charge in [0.05, 0.1) is 12.1 Å². The number of nitrogens with one attached hydrogen (secondary N) is 2. The van der Waals surface area contributed by atoms with Gasteiger partial charge in [0.2, 0.25) is 0 Å². The van der Waals surface area contributed by atoms with E-state index in [-0.39, 0.29) is 12.1 Å². The van der Waals surface area contributed by atoms with Gasteiger partial charge in [-0.3, -0.25) is 0 Å². The van der Waals surface area contributed by atoms with Gasteiger partial charge < -0.3 is 15.4 Å². The Morgan fingerprint density at radius 1 is 1.71 bits per heavy atom. The van der Waals surface area contributed by atoms with Crippen LogP contribution in [-0.4, -0.2) is 37.3 Å². The topological polar surface area (TPSA) is 46.2 Å². The minimum absolute atomic E-state index is 0.206. The van der Waals surface area contributed by atoms with E-state index < -0.39 is 0 Å². The van der Waals surface area contributed by atoms with E-state index in [4.69, 9.17) is 16.3 Å². The third-order valence-electron chi connectivity index (χ3n) is 2.25. The van der Waals surface area contributed by atoms with E-state index in [1.54, 1.807) is 7.11 Å². The normalized spacial score (nSPS) is 26.7. The Hall–Kier alpha value is -0.360. The second-order valence-electron chi connectivity index (χ2n) is 3.16. The molecular formula is C8H12ClN3OS. The first kappa shape index (κ1) is 10.2. The summed E-state index contributed by atoms with van der Waals surface area (Å²) in [5.74, 6) is 0. The predicted octanol–water partition coefficient (Wildman–Crippen LogP) is 1.20. The maximum Gasteiger partial charge on any atom is 0.184 e. The SMILES string of the molecule is CO[C@H]1CNCC1Nc1nc(Cl)cs1. The number of rotatable bonds is 3. The van der Waals surface area contributed by atoms with Gasteiger partial charge in [-0.2, -0.15) is 0 Å². The molecule has 2 N–H and O–H groups in total. The molecular weight excluding hydrogens is 222 g/mol. The lowest BCUT2D eigenvalue weighted by atomic mass is 10.2. The van der Waals surface area contributed by atoms with Crippen molar-refractivity contribution in [1.29, 1.82) is 0 Å². The molecule has 0 spiro atoms. The molecule has 78 valence electrons.